The number of carboxylic acids is 1. The third kappa shape index (κ3) is 3.79. The summed E-state index contributed by atoms with van der Waals surface area (Å²) in [5.41, 5.74) is 0.484. The van der Waals surface area contributed by atoms with Crippen molar-refractivity contribution < 1.29 is 24.0 Å². The molecule has 0 unspecified atom stereocenters. The maximum absolute atomic E-state index is 12.9. The Balaban J connectivity index is 1.43. The van der Waals surface area contributed by atoms with Gasteiger partial charge in [-0.2, -0.15) is 4.98 Å². The average molecular weight is 371 g/mol. The predicted octanol–water partition coefficient (Wildman–Crippen LogP) is 2.14. The molecule has 1 aromatic carbocycles. The van der Waals surface area contributed by atoms with Gasteiger partial charge in [-0.05, 0) is 42.9 Å². The van der Waals surface area contributed by atoms with Gasteiger partial charge >= 0.3 is 5.97 Å². The van der Waals surface area contributed by atoms with E-state index in [1.807, 2.05) is 0 Å². The molecule has 2 heterocycles. The van der Waals surface area contributed by atoms with Crippen molar-refractivity contribution in [2.75, 3.05) is 13.1 Å². The number of aliphatic carboxylic acids is 1. The molecule has 1 saturated carbocycles. The summed E-state index contributed by atoms with van der Waals surface area (Å²) in [6, 6.07) is 6.87. The highest BCUT2D eigenvalue weighted by Gasteiger charge is 2.46. The quantitative estimate of drug-likeness (QED) is 0.829. The molecule has 8 nitrogen and oxygen atoms in total. The molecule has 0 radical (unpaired) electrons. The van der Waals surface area contributed by atoms with Crippen molar-refractivity contribution >= 4 is 11.9 Å². The van der Waals surface area contributed by atoms with Crippen LogP contribution in [0.4, 0.5) is 0 Å². The van der Waals surface area contributed by atoms with Crippen LogP contribution in [0.1, 0.15) is 34.9 Å². The van der Waals surface area contributed by atoms with Gasteiger partial charge in [-0.25, -0.2) is 0 Å². The van der Waals surface area contributed by atoms with Crippen LogP contribution in [0.5, 0.6) is 5.75 Å². The lowest BCUT2D eigenvalue weighted by atomic mass is 9.92. The molecule has 142 valence electrons. The molecule has 8 heteroatoms. The van der Waals surface area contributed by atoms with E-state index < -0.39 is 11.9 Å². The van der Waals surface area contributed by atoms with Gasteiger partial charge in [-0.1, -0.05) is 11.2 Å². The number of benzene rings is 1. The molecule has 1 saturated heterocycles. The Morgan fingerprint density at radius 2 is 2.15 bits per heavy atom. The Morgan fingerprint density at radius 1 is 1.33 bits per heavy atom. The Morgan fingerprint density at radius 3 is 2.81 bits per heavy atom. The van der Waals surface area contributed by atoms with Crippen molar-refractivity contribution in [3.63, 3.8) is 0 Å². The van der Waals surface area contributed by atoms with Crippen LogP contribution in [-0.4, -0.2) is 45.1 Å². The molecule has 2 atom stereocenters. The van der Waals surface area contributed by atoms with Gasteiger partial charge in [0.1, 0.15) is 5.75 Å². The Labute approximate surface area is 156 Å². The van der Waals surface area contributed by atoms with Crippen molar-refractivity contribution in [3.05, 3.63) is 41.5 Å². The molecule has 1 aliphatic carbocycles. The largest absolute Gasteiger partial charge is 0.485 e. The van der Waals surface area contributed by atoms with E-state index in [9.17, 15) is 14.7 Å². The molecule has 1 aromatic heterocycles. The Hall–Kier alpha value is -2.90. The summed E-state index contributed by atoms with van der Waals surface area (Å²) < 4.78 is 10.5. The van der Waals surface area contributed by atoms with Crippen LogP contribution in [0.25, 0.3) is 0 Å². The minimum absolute atomic E-state index is 0.0624. The number of hydrogen-bond acceptors (Lipinski definition) is 6. The van der Waals surface area contributed by atoms with Crippen molar-refractivity contribution in [1.82, 2.24) is 15.0 Å². The molecule has 0 bridgehead atoms. The lowest BCUT2D eigenvalue weighted by Crippen LogP contribution is -2.29. The van der Waals surface area contributed by atoms with E-state index in [4.69, 9.17) is 9.26 Å². The number of carbonyl (C=O) groups excluding carboxylic acids is 1. The van der Waals surface area contributed by atoms with E-state index in [0.29, 0.717) is 35.5 Å². The van der Waals surface area contributed by atoms with Crippen LogP contribution >= 0.6 is 0 Å². The lowest BCUT2D eigenvalue weighted by Gasteiger charge is -2.17. The highest BCUT2D eigenvalue weighted by Crippen LogP contribution is 2.44. The van der Waals surface area contributed by atoms with Gasteiger partial charge in [0.25, 0.3) is 5.91 Å². The minimum Gasteiger partial charge on any atom is -0.485 e. The topological polar surface area (TPSA) is 106 Å². The molecule has 4 rings (SSSR count). The van der Waals surface area contributed by atoms with Crippen LogP contribution in [0.2, 0.25) is 0 Å². The average Bonchev–Trinajstić information content (AvgIpc) is 3.26. The highest BCUT2D eigenvalue weighted by atomic mass is 16.5. The first-order valence-corrected chi connectivity index (χ1v) is 9.05. The van der Waals surface area contributed by atoms with Crippen molar-refractivity contribution in [2.24, 2.45) is 17.8 Å². The van der Waals surface area contributed by atoms with Crippen LogP contribution in [-0.2, 0) is 11.4 Å². The summed E-state index contributed by atoms with van der Waals surface area (Å²) in [5, 5.41) is 13.2. The third-order valence-electron chi connectivity index (χ3n) is 5.22. The number of carbonyl (C=O) groups is 2. The van der Waals surface area contributed by atoms with Gasteiger partial charge in [0.15, 0.2) is 6.61 Å². The van der Waals surface area contributed by atoms with Gasteiger partial charge in [-0.3, -0.25) is 9.59 Å². The zero-order chi connectivity index (χ0) is 19.0. The van der Waals surface area contributed by atoms with E-state index in [1.165, 1.54) is 0 Å². The molecular formula is C19H21N3O5. The smallest absolute Gasteiger partial charge is 0.308 e. The zero-order valence-corrected chi connectivity index (χ0v) is 15.0. The molecule has 0 spiro atoms. The zero-order valence-electron chi connectivity index (χ0n) is 15.0. The summed E-state index contributed by atoms with van der Waals surface area (Å²) in [6.07, 6.45) is 2.13. The molecule has 1 N–H and O–H groups in total. The van der Waals surface area contributed by atoms with E-state index >= 15 is 0 Å². The van der Waals surface area contributed by atoms with Crippen molar-refractivity contribution in [1.29, 1.82) is 0 Å². The number of rotatable bonds is 6. The van der Waals surface area contributed by atoms with Gasteiger partial charge in [-0.15, -0.1) is 0 Å². The number of aromatic nitrogens is 2. The second kappa shape index (κ2) is 7.02. The van der Waals surface area contributed by atoms with E-state index in [2.05, 4.69) is 10.1 Å². The fourth-order valence-electron chi connectivity index (χ4n) is 3.71. The number of hydrogen-bond donors (Lipinski definition) is 1. The molecule has 27 heavy (non-hydrogen) atoms. The Bertz CT molecular complexity index is 861. The highest BCUT2D eigenvalue weighted by molar-refractivity contribution is 5.95. The van der Waals surface area contributed by atoms with Gasteiger partial charge in [0.05, 0.1) is 5.92 Å². The summed E-state index contributed by atoms with van der Waals surface area (Å²) in [5.74, 6) is 0.479. The molecule has 2 fully saturated rings. The maximum atomic E-state index is 12.9. The first kappa shape index (κ1) is 17.5. The van der Waals surface area contributed by atoms with Crippen LogP contribution < -0.4 is 4.74 Å². The van der Waals surface area contributed by atoms with Crippen molar-refractivity contribution in [2.45, 2.75) is 26.4 Å². The summed E-state index contributed by atoms with van der Waals surface area (Å²) in [7, 11) is 0. The summed E-state index contributed by atoms with van der Waals surface area (Å²) in [4.78, 5) is 30.1. The number of likely N-dealkylation sites (tertiary alicyclic amines) is 1. The van der Waals surface area contributed by atoms with Gasteiger partial charge < -0.3 is 19.3 Å². The number of ether oxygens (including phenoxy) is 1. The van der Waals surface area contributed by atoms with Crippen molar-refractivity contribution in [3.8, 4) is 5.75 Å². The summed E-state index contributed by atoms with van der Waals surface area (Å²) in [6.45, 7) is 2.62. The molecule has 2 aromatic rings. The van der Waals surface area contributed by atoms with Crippen LogP contribution in [0, 0.1) is 24.7 Å². The molecule has 1 aliphatic heterocycles. The second-order valence-electron chi connectivity index (χ2n) is 7.20. The number of amides is 1. The fourth-order valence-corrected chi connectivity index (χ4v) is 3.71. The van der Waals surface area contributed by atoms with Gasteiger partial charge in [0.2, 0.25) is 11.7 Å². The first-order valence-electron chi connectivity index (χ1n) is 9.05. The lowest BCUT2D eigenvalue weighted by molar-refractivity contribution is -0.142. The third-order valence-corrected chi connectivity index (χ3v) is 5.22. The molecule has 2 aliphatic rings. The van der Waals surface area contributed by atoms with E-state index in [-0.39, 0.29) is 25.0 Å². The van der Waals surface area contributed by atoms with E-state index in [1.54, 1.807) is 36.1 Å². The fraction of sp³-hybridized carbons (Fsp3) is 0.474. The predicted molar refractivity (Wildman–Crippen MR) is 93.1 cm³/mol. The number of aryl methyl sites for hydroxylation is 1. The Kier molecular flexibility index (Phi) is 4.55. The standard InChI is InChI=1S/C19H21N3O5/c1-11-20-17(21-27-11)10-26-14-4-2-3-13(7-14)18(23)22-8-15(12-5-6-12)16(9-22)19(24)25/h2-4,7,12,15-16H,5-6,8-10H2,1H3,(H,24,25)/t15-,16+/m1/s1. The maximum Gasteiger partial charge on any atom is 0.308 e. The van der Waals surface area contributed by atoms with Crippen LogP contribution in [0.15, 0.2) is 28.8 Å². The first-order chi connectivity index (χ1) is 13.0. The van der Waals surface area contributed by atoms with E-state index in [0.717, 1.165) is 12.8 Å². The SMILES string of the molecule is Cc1nc(COc2cccc(C(=O)N3C[C@H](C(=O)O)[C@@H](C4CC4)C3)c2)no1. The summed E-state index contributed by atoms with van der Waals surface area (Å²) >= 11 is 0. The molecular weight excluding hydrogens is 350 g/mol. The second-order valence-corrected chi connectivity index (χ2v) is 7.20. The minimum atomic E-state index is -0.810. The normalized spacial score (nSPS) is 22.0. The molecule has 1 amide bonds. The van der Waals surface area contributed by atoms with Gasteiger partial charge in [0, 0.05) is 25.6 Å². The van der Waals surface area contributed by atoms with Crippen LogP contribution in [0.3, 0.4) is 0 Å². The number of carboxylic acid groups (broad SMARTS) is 1. The number of nitrogens with zero attached hydrogens (tertiary/aromatic N) is 3. The monoisotopic (exact) mass is 371 g/mol.